The number of hydrogen-bond donors (Lipinski definition) is 0. The van der Waals surface area contributed by atoms with Crippen molar-refractivity contribution in [3.63, 3.8) is 0 Å². The van der Waals surface area contributed by atoms with Gasteiger partial charge in [0.2, 0.25) is 0 Å². The Hall–Kier alpha value is -8.15. The van der Waals surface area contributed by atoms with Crippen molar-refractivity contribution in [2.45, 2.75) is 0 Å². The van der Waals surface area contributed by atoms with E-state index >= 15 is 0 Å². The van der Waals surface area contributed by atoms with E-state index in [1.807, 2.05) is 36.4 Å². The van der Waals surface area contributed by atoms with E-state index in [2.05, 4.69) is 185 Å². The Balaban J connectivity index is 1.02. The van der Waals surface area contributed by atoms with Crippen molar-refractivity contribution >= 4 is 54.4 Å². The second kappa shape index (κ2) is 13.8. The Morgan fingerprint density at radius 3 is 1.32 bits per heavy atom. The van der Waals surface area contributed by atoms with Gasteiger partial charge in [-0.25, -0.2) is 15.0 Å². The third-order valence-electron chi connectivity index (χ3n) is 11.7. The van der Waals surface area contributed by atoms with Gasteiger partial charge in [0.25, 0.3) is 0 Å². The fraction of sp³-hybridized carbons (Fsp3) is 0. The molecule has 280 valence electrons. The molecule has 9 aromatic carbocycles. The highest BCUT2D eigenvalue weighted by molar-refractivity contribution is 6.29. The number of rotatable bonds is 6. The molecule has 0 bridgehead atoms. The molecule has 0 unspecified atom stereocenters. The van der Waals surface area contributed by atoms with Gasteiger partial charge in [-0.05, 0) is 76.5 Å². The number of para-hydroxylation sites is 3. The second-order valence-electron chi connectivity index (χ2n) is 15.3. The zero-order chi connectivity index (χ0) is 39.6. The minimum Gasteiger partial charge on any atom is -0.309 e. The Morgan fingerprint density at radius 2 is 0.700 bits per heavy atom. The van der Waals surface area contributed by atoms with Gasteiger partial charge in [-0.15, -0.1) is 0 Å². The minimum atomic E-state index is 0.632. The van der Waals surface area contributed by atoms with E-state index in [0.717, 1.165) is 44.4 Å². The van der Waals surface area contributed by atoms with Gasteiger partial charge in [-0.2, -0.15) is 0 Å². The Bertz CT molecular complexity index is 3570. The van der Waals surface area contributed by atoms with E-state index in [1.54, 1.807) is 0 Å². The molecule has 0 aliphatic carbocycles. The van der Waals surface area contributed by atoms with Crippen LogP contribution >= 0.6 is 0 Å². The summed E-state index contributed by atoms with van der Waals surface area (Å²) in [6.07, 6.45) is 0. The van der Waals surface area contributed by atoms with Crippen molar-refractivity contribution in [1.29, 1.82) is 0 Å². The normalized spacial score (nSPS) is 11.7. The molecule has 0 fully saturated rings. The number of fused-ring (bicyclic) bond motifs is 8. The van der Waals surface area contributed by atoms with Crippen LogP contribution in [0.25, 0.3) is 111 Å². The number of benzene rings is 9. The van der Waals surface area contributed by atoms with Crippen LogP contribution in [-0.2, 0) is 0 Å². The lowest BCUT2D eigenvalue weighted by Crippen LogP contribution is -2.00. The summed E-state index contributed by atoms with van der Waals surface area (Å²) in [6.45, 7) is 0. The first-order valence-electron chi connectivity index (χ1n) is 20.3. The van der Waals surface area contributed by atoms with Crippen LogP contribution in [0.4, 0.5) is 0 Å². The van der Waals surface area contributed by atoms with Crippen molar-refractivity contribution in [2.75, 3.05) is 0 Å². The molecule has 3 aromatic heterocycles. The van der Waals surface area contributed by atoms with Crippen LogP contribution < -0.4 is 0 Å². The number of hydrogen-bond acceptors (Lipinski definition) is 3. The fourth-order valence-electron chi connectivity index (χ4n) is 8.96. The molecule has 5 nitrogen and oxygen atoms in total. The predicted molar refractivity (Wildman–Crippen MR) is 248 cm³/mol. The monoisotopic (exact) mass is 765 g/mol. The molecule has 12 rings (SSSR count). The van der Waals surface area contributed by atoms with Crippen LogP contribution in [0.2, 0.25) is 0 Å². The molecule has 0 aliphatic rings. The molecule has 0 spiro atoms. The summed E-state index contributed by atoms with van der Waals surface area (Å²) >= 11 is 0. The molecular formula is C55H35N5. The van der Waals surface area contributed by atoms with E-state index in [0.29, 0.717) is 17.5 Å². The maximum absolute atomic E-state index is 5.11. The average molecular weight is 766 g/mol. The lowest BCUT2D eigenvalue weighted by atomic mass is 10.0. The van der Waals surface area contributed by atoms with Crippen molar-refractivity contribution in [2.24, 2.45) is 0 Å². The van der Waals surface area contributed by atoms with Crippen molar-refractivity contribution in [3.8, 4) is 56.7 Å². The number of aromatic nitrogens is 5. The standard InChI is InChI=1S/C55H35N5/c1-4-14-36(15-5-1)37-24-27-40(28-25-37)54-56-53(39-16-6-2-7-17-39)57-55(58-54)41-29-26-38-30-31-44(35-42(38)34-41)60-48-23-13-11-21-46(48)52-50(60)33-32-49-51(52)45-20-10-12-22-47(45)59(49)43-18-8-3-9-19-43/h1-35H. The molecule has 60 heavy (non-hydrogen) atoms. The van der Waals surface area contributed by atoms with Gasteiger partial charge in [0.05, 0.1) is 22.1 Å². The van der Waals surface area contributed by atoms with Gasteiger partial charge in [0.1, 0.15) is 0 Å². The minimum absolute atomic E-state index is 0.632. The molecular weight excluding hydrogens is 731 g/mol. The number of nitrogens with zero attached hydrogens (tertiary/aromatic N) is 5. The SMILES string of the molecule is c1ccc(-c2ccc(-c3nc(-c4ccccc4)nc(-c4ccc5ccc(-n6c7ccccc7c7c8c9ccccc9n(-c9ccccc9)c8ccc76)cc5c4)n3)cc2)cc1. The summed E-state index contributed by atoms with van der Waals surface area (Å²) in [4.78, 5) is 15.2. The maximum Gasteiger partial charge on any atom is 0.164 e. The second-order valence-corrected chi connectivity index (χ2v) is 15.3. The first kappa shape index (κ1) is 33.9. The summed E-state index contributed by atoms with van der Waals surface area (Å²) in [6, 6.07) is 75.1. The zero-order valence-corrected chi connectivity index (χ0v) is 32.4. The summed E-state index contributed by atoms with van der Waals surface area (Å²) in [5.74, 6) is 1.91. The smallest absolute Gasteiger partial charge is 0.164 e. The first-order valence-corrected chi connectivity index (χ1v) is 20.3. The highest BCUT2D eigenvalue weighted by atomic mass is 15.0. The van der Waals surface area contributed by atoms with Crippen molar-refractivity contribution in [3.05, 3.63) is 212 Å². The highest BCUT2D eigenvalue weighted by Gasteiger charge is 2.21. The van der Waals surface area contributed by atoms with Gasteiger partial charge in [0.15, 0.2) is 17.5 Å². The van der Waals surface area contributed by atoms with Gasteiger partial charge in [-0.3, -0.25) is 0 Å². The lowest BCUT2D eigenvalue weighted by Gasteiger charge is -2.12. The molecule has 0 saturated heterocycles. The van der Waals surface area contributed by atoms with Crippen LogP contribution in [0.15, 0.2) is 212 Å². The molecule has 0 amide bonds. The molecule has 0 aliphatic heterocycles. The van der Waals surface area contributed by atoms with Crippen LogP contribution in [0.1, 0.15) is 0 Å². The van der Waals surface area contributed by atoms with Gasteiger partial charge < -0.3 is 9.13 Å². The van der Waals surface area contributed by atoms with Crippen LogP contribution in [0.3, 0.4) is 0 Å². The zero-order valence-electron chi connectivity index (χ0n) is 32.4. The van der Waals surface area contributed by atoms with Crippen LogP contribution in [0, 0.1) is 0 Å². The predicted octanol–water partition coefficient (Wildman–Crippen LogP) is 13.9. The highest BCUT2D eigenvalue weighted by Crippen LogP contribution is 2.42. The molecule has 0 saturated carbocycles. The van der Waals surface area contributed by atoms with E-state index in [-0.39, 0.29) is 0 Å². The molecule has 12 aromatic rings. The first-order chi connectivity index (χ1) is 29.7. The largest absolute Gasteiger partial charge is 0.309 e. The molecule has 0 N–H and O–H groups in total. The van der Waals surface area contributed by atoms with Crippen molar-refractivity contribution < 1.29 is 0 Å². The van der Waals surface area contributed by atoms with Gasteiger partial charge >= 0.3 is 0 Å². The summed E-state index contributed by atoms with van der Waals surface area (Å²) in [7, 11) is 0. The van der Waals surface area contributed by atoms with E-state index in [4.69, 9.17) is 15.0 Å². The van der Waals surface area contributed by atoms with E-state index in [9.17, 15) is 0 Å². The molecule has 3 heterocycles. The molecule has 0 atom stereocenters. The summed E-state index contributed by atoms with van der Waals surface area (Å²) < 4.78 is 4.81. The lowest BCUT2D eigenvalue weighted by molar-refractivity contribution is 1.07. The Kier molecular flexibility index (Phi) is 7.78. The molecule has 0 radical (unpaired) electrons. The van der Waals surface area contributed by atoms with Crippen molar-refractivity contribution in [1.82, 2.24) is 24.1 Å². The fourth-order valence-corrected chi connectivity index (χ4v) is 8.96. The summed E-state index contributed by atoms with van der Waals surface area (Å²) in [5, 5.41) is 7.24. The quantitative estimate of drug-likeness (QED) is 0.169. The van der Waals surface area contributed by atoms with E-state index < -0.39 is 0 Å². The van der Waals surface area contributed by atoms with Crippen LogP contribution in [0.5, 0.6) is 0 Å². The average Bonchev–Trinajstić information content (AvgIpc) is 3.85. The topological polar surface area (TPSA) is 48.5 Å². The van der Waals surface area contributed by atoms with Gasteiger partial charge in [0, 0.05) is 49.6 Å². The Morgan fingerprint density at radius 1 is 0.267 bits per heavy atom. The van der Waals surface area contributed by atoms with E-state index in [1.165, 1.54) is 49.2 Å². The molecule has 5 heteroatoms. The third kappa shape index (κ3) is 5.52. The van der Waals surface area contributed by atoms with Gasteiger partial charge in [-0.1, -0.05) is 158 Å². The maximum atomic E-state index is 5.11. The van der Waals surface area contributed by atoms with Crippen LogP contribution in [-0.4, -0.2) is 24.1 Å². The Labute approximate surface area is 346 Å². The third-order valence-corrected chi connectivity index (χ3v) is 11.7. The summed E-state index contributed by atoms with van der Waals surface area (Å²) in [5.41, 5.74) is 12.1.